The van der Waals surface area contributed by atoms with Crippen molar-refractivity contribution in [1.82, 2.24) is 5.32 Å². The van der Waals surface area contributed by atoms with Gasteiger partial charge in [-0.25, -0.2) is 4.79 Å². The van der Waals surface area contributed by atoms with Crippen molar-refractivity contribution < 1.29 is 23.4 Å². The maximum Gasteiger partial charge on any atom is 0.336 e. The van der Waals surface area contributed by atoms with Gasteiger partial charge < -0.3 is 23.9 Å². The quantitative estimate of drug-likeness (QED) is 0.695. The summed E-state index contributed by atoms with van der Waals surface area (Å²) in [5, 5.41) is 3.54. The molecule has 138 valence electrons. The minimum absolute atomic E-state index is 0.160. The molecule has 3 aromatic rings. The molecule has 1 amide bonds. The molecule has 0 spiro atoms. The van der Waals surface area contributed by atoms with Gasteiger partial charge in [0.15, 0.2) is 18.1 Å². The Kier molecular flexibility index (Phi) is 4.65. The van der Waals surface area contributed by atoms with Crippen LogP contribution in [0, 0.1) is 0 Å². The monoisotopic (exact) mass is 367 g/mol. The SMILES string of the molecule is O=C(COc1ccc2ccc(=O)oc2c1)NC[C@@H]1COc2ccccc2O1. The second kappa shape index (κ2) is 7.41. The fourth-order valence-electron chi connectivity index (χ4n) is 2.72. The van der Waals surface area contributed by atoms with E-state index in [1.165, 1.54) is 6.07 Å². The van der Waals surface area contributed by atoms with E-state index in [0.29, 0.717) is 36.0 Å². The summed E-state index contributed by atoms with van der Waals surface area (Å²) in [5.41, 5.74) is -0.0273. The van der Waals surface area contributed by atoms with E-state index in [9.17, 15) is 9.59 Å². The number of para-hydroxylation sites is 2. The van der Waals surface area contributed by atoms with Gasteiger partial charge in [-0.1, -0.05) is 12.1 Å². The van der Waals surface area contributed by atoms with Crippen LogP contribution in [-0.2, 0) is 4.79 Å². The number of amides is 1. The lowest BCUT2D eigenvalue weighted by atomic mass is 10.2. The molecule has 1 aliphatic heterocycles. The van der Waals surface area contributed by atoms with Crippen LogP contribution in [-0.4, -0.2) is 31.8 Å². The van der Waals surface area contributed by atoms with Crippen molar-refractivity contribution in [3.63, 3.8) is 0 Å². The first-order valence-electron chi connectivity index (χ1n) is 8.49. The molecule has 27 heavy (non-hydrogen) atoms. The first-order valence-corrected chi connectivity index (χ1v) is 8.49. The lowest BCUT2D eigenvalue weighted by molar-refractivity contribution is -0.123. The summed E-state index contributed by atoms with van der Waals surface area (Å²) in [5.74, 6) is 1.52. The Balaban J connectivity index is 1.28. The molecule has 4 rings (SSSR count). The number of rotatable bonds is 5. The third-order valence-electron chi connectivity index (χ3n) is 4.06. The van der Waals surface area contributed by atoms with Gasteiger partial charge in [-0.2, -0.15) is 0 Å². The standard InChI is InChI=1S/C20H17NO6/c22-19(21-10-15-11-25-16-3-1-2-4-17(16)26-15)12-24-14-7-5-13-6-8-20(23)27-18(13)9-14/h1-9,15H,10-12H2,(H,21,22)/t15-/m1/s1. The van der Waals surface area contributed by atoms with Crippen LogP contribution < -0.4 is 25.2 Å². The first-order chi connectivity index (χ1) is 13.2. The van der Waals surface area contributed by atoms with Gasteiger partial charge in [0, 0.05) is 17.5 Å². The molecular weight excluding hydrogens is 350 g/mol. The van der Waals surface area contributed by atoms with Gasteiger partial charge in [-0.05, 0) is 30.3 Å². The summed E-state index contributed by atoms with van der Waals surface area (Å²) in [7, 11) is 0. The molecule has 1 aromatic heterocycles. The summed E-state index contributed by atoms with van der Waals surface area (Å²) in [6.07, 6.45) is -0.265. The number of hydrogen-bond acceptors (Lipinski definition) is 6. The van der Waals surface area contributed by atoms with Crippen molar-refractivity contribution in [1.29, 1.82) is 0 Å². The minimum atomic E-state index is -0.436. The van der Waals surface area contributed by atoms with Gasteiger partial charge in [-0.3, -0.25) is 4.79 Å². The smallest absolute Gasteiger partial charge is 0.336 e. The summed E-state index contributed by atoms with van der Waals surface area (Å²) in [6.45, 7) is 0.512. The van der Waals surface area contributed by atoms with Gasteiger partial charge in [0.05, 0.1) is 6.54 Å². The second-order valence-corrected chi connectivity index (χ2v) is 6.04. The molecule has 0 saturated carbocycles. The molecule has 1 atom stereocenters. The number of benzene rings is 2. The third-order valence-corrected chi connectivity index (χ3v) is 4.06. The lowest BCUT2D eigenvalue weighted by Gasteiger charge is -2.26. The summed E-state index contributed by atoms with van der Waals surface area (Å²) < 4.78 is 22.0. The number of carbonyl (C=O) groups is 1. The van der Waals surface area contributed by atoms with Crippen molar-refractivity contribution >= 4 is 16.9 Å². The highest BCUT2D eigenvalue weighted by atomic mass is 16.6. The van der Waals surface area contributed by atoms with Gasteiger partial charge in [0.1, 0.15) is 24.0 Å². The van der Waals surface area contributed by atoms with E-state index >= 15 is 0 Å². The zero-order chi connectivity index (χ0) is 18.6. The van der Waals surface area contributed by atoms with Crippen LogP contribution in [0.5, 0.6) is 17.2 Å². The molecule has 0 fully saturated rings. The fraction of sp³-hybridized carbons (Fsp3) is 0.200. The zero-order valence-corrected chi connectivity index (χ0v) is 14.3. The number of fused-ring (bicyclic) bond motifs is 2. The highest BCUT2D eigenvalue weighted by Crippen LogP contribution is 2.30. The Morgan fingerprint density at radius 1 is 1.11 bits per heavy atom. The molecule has 1 aliphatic rings. The van der Waals surface area contributed by atoms with Gasteiger partial charge in [0.2, 0.25) is 0 Å². The number of ether oxygens (including phenoxy) is 3. The van der Waals surface area contributed by atoms with Gasteiger partial charge in [-0.15, -0.1) is 0 Å². The third kappa shape index (κ3) is 4.03. The molecule has 1 N–H and O–H groups in total. The molecule has 2 heterocycles. The number of hydrogen-bond donors (Lipinski definition) is 1. The molecule has 0 unspecified atom stereocenters. The van der Waals surface area contributed by atoms with Crippen LogP contribution in [0.2, 0.25) is 0 Å². The van der Waals surface area contributed by atoms with Crippen LogP contribution in [0.1, 0.15) is 0 Å². The fourth-order valence-corrected chi connectivity index (χ4v) is 2.72. The van der Waals surface area contributed by atoms with E-state index < -0.39 is 5.63 Å². The van der Waals surface area contributed by atoms with Gasteiger partial charge in [0.25, 0.3) is 5.91 Å². The van der Waals surface area contributed by atoms with E-state index in [4.69, 9.17) is 18.6 Å². The number of carbonyl (C=O) groups excluding carboxylic acids is 1. The molecule has 2 aromatic carbocycles. The Morgan fingerprint density at radius 2 is 1.93 bits per heavy atom. The summed E-state index contributed by atoms with van der Waals surface area (Å²) in [4.78, 5) is 23.3. The van der Waals surface area contributed by atoms with Crippen molar-refractivity contribution in [2.75, 3.05) is 19.8 Å². The van der Waals surface area contributed by atoms with E-state index in [0.717, 1.165) is 5.39 Å². The molecule has 0 saturated heterocycles. The first kappa shape index (κ1) is 17.0. The predicted molar refractivity (Wildman–Crippen MR) is 97.3 cm³/mol. The van der Waals surface area contributed by atoms with Crippen LogP contribution in [0.15, 0.2) is 63.8 Å². The van der Waals surface area contributed by atoms with E-state index in [-0.39, 0.29) is 18.6 Å². The normalized spacial score (nSPS) is 15.3. The maximum absolute atomic E-state index is 12.0. The molecule has 7 nitrogen and oxygen atoms in total. The van der Waals surface area contributed by atoms with Crippen LogP contribution >= 0.6 is 0 Å². The van der Waals surface area contributed by atoms with Crippen molar-refractivity contribution in [2.45, 2.75) is 6.10 Å². The number of nitrogens with one attached hydrogen (secondary N) is 1. The highest BCUT2D eigenvalue weighted by molar-refractivity contribution is 5.79. The Hall–Kier alpha value is -3.48. The minimum Gasteiger partial charge on any atom is -0.486 e. The summed E-state index contributed by atoms with van der Waals surface area (Å²) in [6, 6.07) is 15.5. The van der Waals surface area contributed by atoms with Crippen LogP contribution in [0.4, 0.5) is 0 Å². The molecule has 7 heteroatoms. The predicted octanol–water partition coefficient (Wildman–Crippen LogP) is 2.13. The molecule has 0 aliphatic carbocycles. The topological polar surface area (TPSA) is 87.0 Å². The van der Waals surface area contributed by atoms with E-state index in [2.05, 4.69) is 5.32 Å². The second-order valence-electron chi connectivity index (χ2n) is 6.04. The Bertz CT molecular complexity index is 1030. The molecule has 0 radical (unpaired) electrons. The average Bonchev–Trinajstić information content (AvgIpc) is 2.70. The average molecular weight is 367 g/mol. The molecular formula is C20H17NO6. The molecule has 0 bridgehead atoms. The Labute approximate surface area is 154 Å². The van der Waals surface area contributed by atoms with Crippen molar-refractivity contribution in [3.8, 4) is 17.2 Å². The lowest BCUT2D eigenvalue weighted by Crippen LogP contribution is -2.42. The maximum atomic E-state index is 12.0. The van der Waals surface area contributed by atoms with Gasteiger partial charge >= 0.3 is 5.63 Å². The van der Waals surface area contributed by atoms with Crippen LogP contribution in [0.25, 0.3) is 11.0 Å². The van der Waals surface area contributed by atoms with E-state index in [1.807, 2.05) is 24.3 Å². The largest absolute Gasteiger partial charge is 0.486 e. The van der Waals surface area contributed by atoms with Crippen molar-refractivity contribution in [2.24, 2.45) is 0 Å². The Morgan fingerprint density at radius 3 is 2.81 bits per heavy atom. The van der Waals surface area contributed by atoms with Crippen molar-refractivity contribution in [3.05, 3.63) is 65.0 Å². The van der Waals surface area contributed by atoms with E-state index in [1.54, 1.807) is 24.3 Å². The van der Waals surface area contributed by atoms with Crippen LogP contribution in [0.3, 0.4) is 0 Å². The summed E-state index contributed by atoms with van der Waals surface area (Å²) >= 11 is 0. The highest BCUT2D eigenvalue weighted by Gasteiger charge is 2.21. The zero-order valence-electron chi connectivity index (χ0n) is 14.3.